The molecule has 0 unspecified atom stereocenters. The number of carboxylic acids is 1. The molecule has 0 bridgehead atoms. The molecule has 37 heavy (non-hydrogen) atoms. The Balaban J connectivity index is 3.17. The number of hydrogen-bond acceptors (Lipinski definition) is 11. The van der Waals surface area contributed by atoms with E-state index in [1.165, 1.54) is 0 Å². The van der Waals surface area contributed by atoms with Crippen molar-refractivity contribution in [2.75, 3.05) is 59.3 Å². The van der Waals surface area contributed by atoms with Gasteiger partial charge in [-0.3, -0.25) is 38.8 Å². The Kier molecular flexibility index (Phi) is 11.9. The van der Waals surface area contributed by atoms with Crippen molar-refractivity contribution in [1.29, 1.82) is 0 Å². The first-order chi connectivity index (χ1) is 16.7. The Morgan fingerprint density at radius 2 is 0.811 bits per heavy atom. The zero-order valence-corrected chi connectivity index (χ0v) is 24.0. The molecular weight excluding hydrogens is 484 g/mol. The number of carboxylic acid groups (broad SMARTS) is 1. The first-order valence-electron chi connectivity index (χ1n) is 12.5. The molecule has 1 saturated heterocycles. The molecule has 214 valence electrons. The van der Waals surface area contributed by atoms with Crippen LogP contribution in [0.15, 0.2) is 0 Å². The van der Waals surface area contributed by atoms with Gasteiger partial charge in [0.1, 0.15) is 16.8 Å². The number of ether oxygens (including phenoxy) is 3. The van der Waals surface area contributed by atoms with Gasteiger partial charge < -0.3 is 19.3 Å². The second kappa shape index (κ2) is 13.5. The van der Waals surface area contributed by atoms with Crippen molar-refractivity contribution in [3.63, 3.8) is 0 Å². The fourth-order valence-electron chi connectivity index (χ4n) is 3.68. The summed E-state index contributed by atoms with van der Waals surface area (Å²) in [5, 5.41) is 9.49. The second-order valence-corrected chi connectivity index (χ2v) is 12.3. The summed E-state index contributed by atoms with van der Waals surface area (Å²) in [6, 6.07) is 0. The molecule has 0 radical (unpaired) electrons. The zero-order chi connectivity index (χ0) is 28.6. The molecule has 12 heteroatoms. The summed E-state index contributed by atoms with van der Waals surface area (Å²) in [4.78, 5) is 56.3. The summed E-state index contributed by atoms with van der Waals surface area (Å²) in [5.41, 5.74) is -2.00. The number of carbonyl (C=O) groups is 4. The summed E-state index contributed by atoms with van der Waals surface area (Å²) in [6.45, 7) is 16.6. The van der Waals surface area contributed by atoms with Gasteiger partial charge >= 0.3 is 23.9 Å². The topological polar surface area (TPSA) is 129 Å². The van der Waals surface area contributed by atoms with Crippen LogP contribution in [0.25, 0.3) is 0 Å². The van der Waals surface area contributed by atoms with E-state index in [0.717, 1.165) is 0 Å². The number of aliphatic carboxylic acids is 1. The highest BCUT2D eigenvalue weighted by molar-refractivity contribution is 5.73. The van der Waals surface area contributed by atoms with Crippen molar-refractivity contribution in [1.82, 2.24) is 19.6 Å². The Morgan fingerprint density at radius 3 is 1.11 bits per heavy atom. The van der Waals surface area contributed by atoms with Gasteiger partial charge in [-0.25, -0.2) is 0 Å². The zero-order valence-electron chi connectivity index (χ0n) is 24.0. The maximum absolute atomic E-state index is 12.6. The van der Waals surface area contributed by atoms with Crippen LogP contribution < -0.4 is 0 Å². The van der Waals surface area contributed by atoms with Crippen LogP contribution in [-0.4, -0.2) is 125 Å². The molecule has 0 aromatic rings. The number of nitrogens with zero attached hydrogens (tertiary/aromatic N) is 4. The summed E-state index contributed by atoms with van der Waals surface area (Å²) < 4.78 is 16.4. The van der Waals surface area contributed by atoms with Gasteiger partial charge in [-0.2, -0.15) is 0 Å². The van der Waals surface area contributed by atoms with Crippen LogP contribution in [-0.2, 0) is 33.4 Å². The van der Waals surface area contributed by atoms with E-state index in [2.05, 4.69) is 0 Å². The predicted molar refractivity (Wildman–Crippen MR) is 136 cm³/mol. The average Bonchev–Trinajstić information content (AvgIpc) is 2.66. The third kappa shape index (κ3) is 16.2. The lowest BCUT2D eigenvalue weighted by Gasteiger charge is -2.32. The minimum absolute atomic E-state index is 0.0404. The Morgan fingerprint density at radius 1 is 0.541 bits per heavy atom. The van der Waals surface area contributed by atoms with Crippen LogP contribution in [0, 0.1) is 0 Å². The standard InChI is InChI=1S/C25H46N4O8/c1-23(2,3)35-20(32)13-26-10-11-27(14-21(33)36-24(4,5)6)17-29(15-22(34)37-25(7,8)9)18-28(16-26)12-19(30)31/h10-18H2,1-9H3,(H,30,31). The van der Waals surface area contributed by atoms with Gasteiger partial charge in [0.25, 0.3) is 0 Å². The molecule has 1 aliphatic heterocycles. The van der Waals surface area contributed by atoms with Crippen molar-refractivity contribution in [2.24, 2.45) is 0 Å². The minimum Gasteiger partial charge on any atom is -0.480 e. The van der Waals surface area contributed by atoms with Crippen LogP contribution in [0.2, 0.25) is 0 Å². The number of rotatable bonds is 8. The fourth-order valence-corrected chi connectivity index (χ4v) is 3.68. The average molecular weight is 531 g/mol. The van der Waals surface area contributed by atoms with Crippen LogP contribution in [0.3, 0.4) is 0 Å². The van der Waals surface area contributed by atoms with Crippen molar-refractivity contribution < 1.29 is 38.5 Å². The first kappa shape index (κ1) is 32.7. The molecular formula is C25H46N4O8. The van der Waals surface area contributed by atoms with E-state index in [4.69, 9.17) is 14.2 Å². The summed E-state index contributed by atoms with van der Waals surface area (Å²) >= 11 is 0. The number of esters is 3. The van der Waals surface area contributed by atoms with Crippen molar-refractivity contribution in [3.8, 4) is 0 Å². The highest BCUT2D eigenvalue weighted by Crippen LogP contribution is 2.13. The summed E-state index contributed by atoms with van der Waals surface area (Å²) in [6.07, 6.45) is 0. The molecule has 1 rings (SSSR count). The summed E-state index contributed by atoms with van der Waals surface area (Å²) in [7, 11) is 0. The van der Waals surface area contributed by atoms with E-state index < -0.39 is 40.7 Å². The lowest BCUT2D eigenvalue weighted by Crippen LogP contribution is -2.49. The summed E-state index contributed by atoms with van der Waals surface area (Å²) in [5.74, 6) is -2.37. The third-order valence-electron chi connectivity index (χ3n) is 4.61. The molecule has 0 aromatic heterocycles. The normalized spacial score (nSPS) is 17.9. The maximum Gasteiger partial charge on any atom is 0.320 e. The van der Waals surface area contributed by atoms with Crippen LogP contribution in [0.4, 0.5) is 0 Å². The van der Waals surface area contributed by atoms with Crippen LogP contribution in [0.5, 0.6) is 0 Å². The lowest BCUT2D eigenvalue weighted by molar-refractivity contribution is -0.159. The van der Waals surface area contributed by atoms with Gasteiger partial charge in [0.05, 0.1) is 46.2 Å². The largest absolute Gasteiger partial charge is 0.480 e. The quantitative estimate of drug-likeness (QED) is 0.357. The predicted octanol–water partition coefficient (Wildman–Crippen LogP) is 1.19. The van der Waals surface area contributed by atoms with E-state index >= 15 is 0 Å². The molecule has 0 aromatic carbocycles. The smallest absolute Gasteiger partial charge is 0.320 e. The van der Waals surface area contributed by atoms with E-state index in [1.807, 2.05) is 4.90 Å². The van der Waals surface area contributed by atoms with Gasteiger partial charge in [-0.1, -0.05) is 0 Å². The van der Waals surface area contributed by atoms with Gasteiger partial charge in [-0.05, 0) is 62.3 Å². The molecule has 0 spiro atoms. The third-order valence-corrected chi connectivity index (χ3v) is 4.61. The Bertz CT molecular complexity index is 798. The van der Waals surface area contributed by atoms with Gasteiger partial charge in [0, 0.05) is 13.1 Å². The minimum atomic E-state index is -1.04. The SMILES string of the molecule is CC(C)(C)OC(=O)CN1CCN(CC(=O)OC(C)(C)C)CN(CC(=O)OC(C)(C)C)CN(CC(=O)O)C1. The Labute approximate surface area is 220 Å². The van der Waals surface area contributed by atoms with E-state index in [1.54, 1.807) is 77.0 Å². The van der Waals surface area contributed by atoms with Crippen LogP contribution in [0.1, 0.15) is 62.3 Å². The van der Waals surface area contributed by atoms with E-state index in [0.29, 0.717) is 13.1 Å². The fraction of sp³-hybridized carbons (Fsp3) is 0.840. The monoisotopic (exact) mass is 530 g/mol. The molecule has 12 nitrogen and oxygen atoms in total. The van der Waals surface area contributed by atoms with Crippen molar-refractivity contribution in [3.05, 3.63) is 0 Å². The molecule has 1 fully saturated rings. The Hall–Kier alpha value is -2.28. The number of hydrogen-bond donors (Lipinski definition) is 1. The highest BCUT2D eigenvalue weighted by Gasteiger charge is 2.29. The molecule has 1 N–H and O–H groups in total. The molecule has 0 amide bonds. The van der Waals surface area contributed by atoms with Crippen LogP contribution >= 0.6 is 0 Å². The first-order valence-corrected chi connectivity index (χ1v) is 12.5. The van der Waals surface area contributed by atoms with Gasteiger partial charge in [0.15, 0.2) is 0 Å². The van der Waals surface area contributed by atoms with E-state index in [9.17, 15) is 24.3 Å². The van der Waals surface area contributed by atoms with Crippen molar-refractivity contribution in [2.45, 2.75) is 79.1 Å². The number of carbonyl (C=O) groups excluding carboxylic acids is 3. The van der Waals surface area contributed by atoms with Crippen molar-refractivity contribution >= 4 is 23.9 Å². The van der Waals surface area contributed by atoms with Gasteiger partial charge in [0.2, 0.25) is 0 Å². The molecule has 1 heterocycles. The molecule has 0 aliphatic carbocycles. The molecule has 1 aliphatic rings. The second-order valence-electron chi connectivity index (χ2n) is 12.3. The maximum atomic E-state index is 12.6. The lowest BCUT2D eigenvalue weighted by atomic mass is 10.2. The molecule has 0 atom stereocenters. The molecule has 0 saturated carbocycles. The van der Waals surface area contributed by atoms with E-state index in [-0.39, 0.29) is 46.2 Å². The van der Waals surface area contributed by atoms with Gasteiger partial charge in [-0.15, -0.1) is 0 Å². The highest BCUT2D eigenvalue weighted by atomic mass is 16.6.